The zero-order chi connectivity index (χ0) is 30.7. The minimum absolute atomic E-state index is 0.301. The number of aromatic nitrogens is 1. The molecule has 1 aliphatic heterocycles. The maximum Gasteiger partial charge on any atom is 0.128 e. The summed E-state index contributed by atoms with van der Waals surface area (Å²) < 4.78 is 13.0. The van der Waals surface area contributed by atoms with E-state index in [9.17, 15) is 10.5 Å². The lowest BCUT2D eigenvalue weighted by atomic mass is 9.96. The minimum atomic E-state index is 0.301. The number of aliphatic hydroxyl groups is 1. The SMILES string of the molecule is CO.N#Cc1cncc(COc2cc(OCc3cccc(-c4ccccc4)c3C#N)c3c(c2CN2CCCCC2)CCC3)c1. The molecule has 1 aliphatic carbocycles. The van der Waals surface area contributed by atoms with E-state index in [4.69, 9.17) is 14.6 Å². The van der Waals surface area contributed by atoms with Crippen molar-refractivity contribution in [3.63, 3.8) is 0 Å². The van der Waals surface area contributed by atoms with Crippen molar-refractivity contribution in [3.8, 4) is 34.8 Å². The highest BCUT2D eigenvalue weighted by atomic mass is 16.5. The van der Waals surface area contributed by atoms with Crippen molar-refractivity contribution < 1.29 is 14.6 Å². The zero-order valence-electron chi connectivity index (χ0n) is 25.3. The Balaban J connectivity index is 0.00000188. The third-order valence-corrected chi connectivity index (χ3v) is 8.32. The molecule has 7 heteroatoms. The van der Waals surface area contributed by atoms with Crippen LogP contribution in [0.25, 0.3) is 11.1 Å². The van der Waals surface area contributed by atoms with Crippen molar-refractivity contribution >= 4 is 0 Å². The number of nitrogens with zero attached hydrogens (tertiary/aromatic N) is 4. The van der Waals surface area contributed by atoms with Gasteiger partial charge in [-0.05, 0) is 73.5 Å². The van der Waals surface area contributed by atoms with Gasteiger partial charge in [0, 0.05) is 48.8 Å². The van der Waals surface area contributed by atoms with Gasteiger partial charge in [-0.1, -0.05) is 55.0 Å². The van der Waals surface area contributed by atoms with Gasteiger partial charge in [-0.25, -0.2) is 0 Å². The largest absolute Gasteiger partial charge is 0.488 e. The van der Waals surface area contributed by atoms with Crippen LogP contribution < -0.4 is 9.47 Å². The van der Waals surface area contributed by atoms with Crippen molar-refractivity contribution in [1.82, 2.24) is 9.88 Å². The molecule has 0 radical (unpaired) electrons. The molecular weight excluding hydrogens is 548 g/mol. The predicted octanol–water partition coefficient (Wildman–Crippen LogP) is 6.73. The first-order valence-corrected chi connectivity index (χ1v) is 15.2. The van der Waals surface area contributed by atoms with Crippen LogP contribution in [0.2, 0.25) is 0 Å². The highest BCUT2D eigenvalue weighted by molar-refractivity contribution is 5.72. The van der Waals surface area contributed by atoms with Crippen LogP contribution >= 0.6 is 0 Å². The van der Waals surface area contributed by atoms with Gasteiger partial charge >= 0.3 is 0 Å². The van der Waals surface area contributed by atoms with E-state index in [1.165, 1.54) is 36.0 Å². The lowest BCUT2D eigenvalue weighted by molar-refractivity contribution is 0.214. The van der Waals surface area contributed by atoms with Gasteiger partial charge in [0.05, 0.1) is 11.1 Å². The molecule has 0 saturated carbocycles. The summed E-state index contributed by atoms with van der Waals surface area (Å²) in [5.74, 6) is 1.66. The maximum atomic E-state index is 10.1. The lowest BCUT2D eigenvalue weighted by Gasteiger charge is -2.29. The van der Waals surface area contributed by atoms with Gasteiger partial charge in [0.25, 0.3) is 0 Å². The molecule has 2 heterocycles. The topological polar surface area (TPSA) is 102 Å². The summed E-state index contributed by atoms with van der Waals surface area (Å²) in [6.45, 7) is 3.71. The molecule has 44 heavy (non-hydrogen) atoms. The van der Waals surface area contributed by atoms with E-state index in [0.717, 1.165) is 79.8 Å². The first-order chi connectivity index (χ1) is 21.7. The summed E-state index contributed by atoms with van der Waals surface area (Å²) in [5.41, 5.74) is 8.68. The fourth-order valence-corrected chi connectivity index (χ4v) is 6.22. The molecule has 1 fully saturated rings. The molecular formula is C37H38N4O3. The number of ether oxygens (including phenoxy) is 2. The van der Waals surface area contributed by atoms with Crippen LogP contribution in [0, 0.1) is 22.7 Å². The van der Waals surface area contributed by atoms with Crippen LogP contribution in [0.15, 0.2) is 73.1 Å². The maximum absolute atomic E-state index is 10.1. The van der Waals surface area contributed by atoms with Gasteiger partial charge in [0.15, 0.2) is 0 Å². The summed E-state index contributed by atoms with van der Waals surface area (Å²) in [7, 11) is 1.00. The molecule has 1 saturated heterocycles. The molecule has 0 spiro atoms. The lowest BCUT2D eigenvalue weighted by Crippen LogP contribution is -2.29. The second-order valence-corrected chi connectivity index (χ2v) is 11.1. The van der Waals surface area contributed by atoms with Gasteiger partial charge in [0.1, 0.15) is 36.9 Å². The van der Waals surface area contributed by atoms with Crippen molar-refractivity contribution in [2.24, 2.45) is 0 Å². The molecule has 1 N–H and O–H groups in total. The molecule has 1 aromatic heterocycles. The Morgan fingerprint density at radius 2 is 1.57 bits per heavy atom. The fraction of sp³-hybridized carbons (Fsp3) is 0.324. The smallest absolute Gasteiger partial charge is 0.128 e. The van der Waals surface area contributed by atoms with Crippen LogP contribution in [-0.2, 0) is 32.6 Å². The van der Waals surface area contributed by atoms with Crippen molar-refractivity contribution in [2.75, 3.05) is 20.2 Å². The van der Waals surface area contributed by atoms with Gasteiger partial charge in [-0.3, -0.25) is 9.88 Å². The Labute approximate surface area is 259 Å². The second kappa shape index (κ2) is 15.2. The van der Waals surface area contributed by atoms with Gasteiger partial charge in [0.2, 0.25) is 0 Å². The molecule has 0 unspecified atom stereocenters. The van der Waals surface area contributed by atoms with Crippen LogP contribution in [0.3, 0.4) is 0 Å². The van der Waals surface area contributed by atoms with Gasteiger partial charge < -0.3 is 14.6 Å². The number of rotatable bonds is 9. The Kier molecular flexibility index (Phi) is 10.6. The van der Waals surface area contributed by atoms with E-state index in [1.807, 2.05) is 54.6 Å². The summed E-state index contributed by atoms with van der Waals surface area (Å²) in [4.78, 5) is 6.74. The molecule has 224 valence electrons. The Morgan fingerprint density at radius 1 is 0.795 bits per heavy atom. The van der Waals surface area contributed by atoms with E-state index in [0.29, 0.717) is 24.3 Å². The third kappa shape index (κ3) is 7.09. The molecule has 6 rings (SSSR count). The third-order valence-electron chi connectivity index (χ3n) is 8.32. The number of piperidine rings is 1. The van der Waals surface area contributed by atoms with E-state index >= 15 is 0 Å². The van der Waals surface area contributed by atoms with Crippen LogP contribution in [0.5, 0.6) is 11.5 Å². The molecule has 0 amide bonds. The number of hydrogen-bond acceptors (Lipinski definition) is 7. The van der Waals surface area contributed by atoms with Crippen LogP contribution in [-0.4, -0.2) is 35.2 Å². The average Bonchev–Trinajstić information content (AvgIpc) is 3.59. The highest BCUT2D eigenvalue weighted by Crippen LogP contribution is 2.41. The molecule has 0 atom stereocenters. The predicted molar refractivity (Wildman–Crippen MR) is 170 cm³/mol. The van der Waals surface area contributed by atoms with E-state index in [-0.39, 0.29) is 0 Å². The highest BCUT2D eigenvalue weighted by Gasteiger charge is 2.26. The second-order valence-electron chi connectivity index (χ2n) is 11.1. The summed E-state index contributed by atoms with van der Waals surface area (Å²) in [6.07, 6.45) is 10.1. The summed E-state index contributed by atoms with van der Waals surface area (Å²) in [5, 5.41) is 26.4. The van der Waals surface area contributed by atoms with E-state index in [1.54, 1.807) is 12.4 Å². The van der Waals surface area contributed by atoms with Crippen LogP contribution in [0.4, 0.5) is 0 Å². The summed E-state index contributed by atoms with van der Waals surface area (Å²) >= 11 is 0. The van der Waals surface area contributed by atoms with Crippen molar-refractivity contribution in [3.05, 3.63) is 112 Å². The van der Waals surface area contributed by atoms with E-state index < -0.39 is 0 Å². The molecule has 3 aromatic carbocycles. The molecule has 0 bridgehead atoms. The summed E-state index contributed by atoms with van der Waals surface area (Å²) in [6, 6.07) is 24.4. The van der Waals surface area contributed by atoms with Crippen molar-refractivity contribution in [1.29, 1.82) is 10.5 Å². The standard InChI is InChI=1S/C36H34N4O2.CH4O/c37-19-26-17-27(22-39-21-26)24-41-36-18-35(32-14-8-13-31(32)34(36)23-40-15-5-2-6-16-40)42-25-29-11-7-12-30(33(29)20-38)28-9-3-1-4-10-28;1-2/h1,3-4,7,9-12,17-18,21-22H,2,5-6,8,13-16,23-25H2;2H,1H3. The Morgan fingerprint density at radius 3 is 2.34 bits per heavy atom. The number of benzene rings is 3. The molecule has 2 aliphatic rings. The molecule has 4 aromatic rings. The number of likely N-dealkylation sites (tertiary alicyclic amines) is 1. The quantitative estimate of drug-likeness (QED) is 0.232. The van der Waals surface area contributed by atoms with Crippen molar-refractivity contribution in [2.45, 2.75) is 58.3 Å². The van der Waals surface area contributed by atoms with E-state index in [2.05, 4.69) is 28.1 Å². The normalized spacial score (nSPS) is 14.0. The Hall–Kier alpha value is -4.69. The fourth-order valence-electron chi connectivity index (χ4n) is 6.22. The number of aliphatic hydroxyl groups excluding tert-OH is 1. The van der Waals surface area contributed by atoms with Gasteiger partial charge in [-0.15, -0.1) is 0 Å². The monoisotopic (exact) mass is 586 g/mol. The first kappa shape index (κ1) is 30.8. The number of nitriles is 2. The number of pyridine rings is 1. The number of hydrogen-bond donors (Lipinski definition) is 1. The zero-order valence-corrected chi connectivity index (χ0v) is 25.3. The van der Waals surface area contributed by atoms with Gasteiger partial charge in [-0.2, -0.15) is 10.5 Å². The van der Waals surface area contributed by atoms with Crippen LogP contribution in [0.1, 0.15) is 64.6 Å². The first-order valence-electron chi connectivity index (χ1n) is 15.2. The average molecular weight is 587 g/mol. The molecule has 7 nitrogen and oxygen atoms in total. The number of fused-ring (bicyclic) bond motifs is 1. The minimum Gasteiger partial charge on any atom is -0.488 e. The Bertz CT molecular complexity index is 1650.